The average Bonchev–Trinajstić information content (AvgIpc) is 2.55. The second-order valence-corrected chi connectivity index (χ2v) is 6.04. The molecule has 24 heavy (non-hydrogen) atoms. The summed E-state index contributed by atoms with van der Waals surface area (Å²) in [7, 11) is 1.64. The minimum absolute atomic E-state index is 0.0239. The van der Waals surface area contributed by atoms with Gasteiger partial charge < -0.3 is 15.4 Å². The fourth-order valence-electron chi connectivity index (χ4n) is 2.89. The molecule has 0 aliphatic rings. The molecule has 0 saturated heterocycles. The first-order valence-electron chi connectivity index (χ1n) is 8.21. The minimum atomic E-state index is 0.0239. The Balaban J connectivity index is 1.82. The summed E-state index contributed by atoms with van der Waals surface area (Å²) in [4.78, 5) is 12.0. The molecule has 0 aliphatic carbocycles. The molecule has 2 aromatic carbocycles. The van der Waals surface area contributed by atoms with Crippen LogP contribution in [0.1, 0.15) is 28.7 Å². The zero-order valence-electron chi connectivity index (χ0n) is 14.9. The van der Waals surface area contributed by atoms with Gasteiger partial charge in [0, 0.05) is 30.8 Å². The number of methoxy groups -OCH3 is 1. The van der Waals surface area contributed by atoms with Crippen LogP contribution in [0.5, 0.6) is 5.75 Å². The molecule has 128 valence electrons. The van der Waals surface area contributed by atoms with Gasteiger partial charge in [-0.1, -0.05) is 35.9 Å². The van der Waals surface area contributed by atoms with Crippen molar-refractivity contribution in [3.63, 3.8) is 0 Å². The van der Waals surface area contributed by atoms with Gasteiger partial charge in [0.1, 0.15) is 5.75 Å². The van der Waals surface area contributed by atoms with Crippen molar-refractivity contribution >= 4 is 11.6 Å². The summed E-state index contributed by atoms with van der Waals surface area (Å²) in [6.07, 6.45) is 0.432. The Morgan fingerprint density at radius 3 is 2.42 bits per heavy atom. The number of rotatable bonds is 7. The maximum Gasteiger partial charge on any atom is 0.222 e. The van der Waals surface area contributed by atoms with E-state index in [1.807, 2.05) is 24.3 Å². The van der Waals surface area contributed by atoms with Gasteiger partial charge in [0.15, 0.2) is 0 Å². The molecule has 0 fully saturated rings. The molecular formula is C20H26N2O2. The number of benzene rings is 2. The quantitative estimate of drug-likeness (QED) is 0.815. The zero-order chi connectivity index (χ0) is 17.5. The lowest BCUT2D eigenvalue weighted by Gasteiger charge is -2.14. The van der Waals surface area contributed by atoms with Crippen LogP contribution < -0.4 is 15.4 Å². The van der Waals surface area contributed by atoms with E-state index in [0.717, 1.165) is 17.0 Å². The van der Waals surface area contributed by atoms with Crippen LogP contribution in [0.3, 0.4) is 0 Å². The first-order valence-corrected chi connectivity index (χ1v) is 8.21. The summed E-state index contributed by atoms with van der Waals surface area (Å²) in [5, 5.41) is 6.31. The van der Waals surface area contributed by atoms with Crippen molar-refractivity contribution in [1.29, 1.82) is 0 Å². The number of nitrogens with one attached hydrogen (secondary N) is 2. The van der Waals surface area contributed by atoms with Crippen LogP contribution >= 0.6 is 0 Å². The van der Waals surface area contributed by atoms with Gasteiger partial charge in [-0.2, -0.15) is 0 Å². The highest BCUT2D eigenvalue weighted by atomic mass is 16.5. The molecule has 0 saturated carbocycles. The monoisotopic (exact) mass is 326 g/mol. The fourth-order valence-corrected chi connectivity index (χ4v) is 2.89. The molecule has 0 aliphatic heterocycles. The summed E-state index contributed by atoms with van der Waals surface area (Å²) in [5.74, 6) is 0.817. The van der Waals surface area contributed by atoms with Crippen molar-refractivity contribution < 1.29 is 9.53 Å². The predicted octanol–water partition coefficient (Wildman–Crippen LogP) is 3.74. The standard InChI is InChI=1S/C20H26N2O2/c1-14-11-15(2)20(16(3)12-14)21-10-9-19(23)22-13-17-7-5-6-8-18(17)24-4/h5-8,11-12,21H,9-10,13H2,1-4H3,(H,22,23). The van der Waals surface area contributed by atoms with Crippen LogP contribution in [0.2, 0.25) is 0 Å². The van der Waals surface area contributed by atoms with Crippen molar-refractivity contribution in [2.45, 2.75) is 33.7 Å². The van der Waals surface area contributed by atoms with E-state index < -0.39 is 0 Å². The maximum atomic E-state index is 12.0. The van der Waals surface area contributed by atoms with E-state index in [1.165, 1.54) is 16.7 Å². The van der Waals surface area contributed by atoms with E-state index in [9.17, 15) is 4.79 Å². The Bertz CT molecular complexity index is 688. The van der Waals surface area contributed by atoms with Gasteiger partial charge in [0.05, 0.1) is 7.11 Å². The highest BCUT2D eigenvalue weighted by molar-refractivity contribution is 5.76. The van der Waals surface area contributed by atoms with Gasteiger partial charge in [0.25, 0.3) is 0 Å². The second-order valence-electron chi connectivity index (χ2n) is 6.04. The summed E-state index contributed by atoms with van der Waals surface area (Å²) < 4.78 is 5.29. The Labute approximate surface area is 144 Å². The van der Waals surface area contributed by atoms with Crippen LogP contribution in [-0.2, 0) is 11.3 Å². The average molecular weight is 326 g/mol. The highest BCUT2D eigenvalue weighted by Gasteiger charge is 2.07. The number of carbonyl (C=O) groups is 1. The van der Waals surface area contributed by atoms with Crippen LogP contribution in [0.25, 0.3) is 0 Å². The van der Waals surface area contributed by atoms with Crippen LogP contribution in [-0.4, -0.2) is 19.6 Å². The SMILES string of the molecule is COc1ccccc1CNC(=O)CCNc1c(C)cc(C)cc1C. The van der Waals surface area contributed by atoms with E-state index >= 15 is 0 Å². The zero-order valence-corrected chi connectivity index (χ0v) is 14.9. The van der Waals surface area contributed by atoms with Gasteiger partial charge >= 0.3 is 0 Å². The molecule has 2 rings (SSSR count). The number of anilines is 1. The molecule has 0 unspecified atom stereocenters. The van der Waals surface area contributed by atoms with Crippen molar-refractivity contribution in [1.82, 2.24) is 5.32 Å². The summed E-state index contributed by atoms with van der Waals surface area (Å²) in [5.41, 5.74) is 5.78. The molecule has 2 aromatic rings. The van der Waals surface area contributed by atoms with E-state index in [1.54, 1.807) is 7.11 Å². The number of hydrogen-bond donors (Lipinski definition) is 2. The van der Waals surface area contributed by atoms with Crippen molar-refractivity contribution in [2.24, 2.45) is 0 Å². The molecule has 0 spiro atoms. The van der Waals surface area contributed by atoms with Gasteiger partial charge in [-0.15, -0.1) is 0 Å². The Kier molecular flexibility index (Phi) is 6.24. The van der Waals surface area contributed by atoms with Crippen LogP contribution in [0, 0.1) is 20.8 Å². The summed E-state index contributed by atoms with van der Waals surface area (Å²) in [6.45, 7) is 7.36. The highest BCUT2D eigenvalue weighted by Crippen LogP contribution is 2.21. The lowest BCUT2D eigenvalue weighted by atomic mass is 10.1. The molecule has 0 bridgehead atoms. The molecule has 4 heteroatoms. The molecule has 1 amide bonds. The third kappa shape index (κ3) is 4.75. The molecular weight excluding hydrogens is 300 g/mol. The first-order chi connectivity index (χ1) is 11.5. The van der Waals surface area contributed by atoms with Gasteiger partial charge in [0.2, 0.25) is 5.91 Å². The third-order valence-electron chi connectivity index (χ3n) is 4.00. The number of hydrogen-bond acceptors (Lipinski definition) is 3. The molecule has 0 atom stereocenters. The third-order valence-corrected chi connectivity index (χ3v) is 4.00. The Hall–Kier alpha value is -2.49. The number of amides is 1. The largest absolute Gasteiger partial charge is 0.496 e. The lowest BCUT2D eigenvalue weighted by molar-refractivity contribution is -0.121. The lowest BCUT2D eigenvalue weighted by Crippen LogP contribution is -2.25. The van der Waals surface area contributed by atoms with Crippen LogP contribution in [0.15, 0.2) is 36.4 Å². The van der Waals surface area contributed by atoms with Crippen molar-refractivity contribution in [2.75, 3.05) is 19.0 Å². The number of para-hydroxylation sites is 1. The van der Waals surface area contributed by atoms with E-state index in [2.05, 4.69) is 43.5 Å². The van der Waals surface area contributed by atoms with Crippen LogP contribution in [0.4, 0.5) is 5.69 Å². The van der Waals surface area contributed by atoms with E-state index in [4.69, 9.17) is 4.74 Å². The topological polar surface area (TPSA) is 50.4 Å². The molecule has 0 heterocycles. The minimum Gasteiger partial charge on any atom is -0.496 e. The van der Waals surface area contributed by atoms with E-state index in [-0.39, 0.29) is 5.91 Å². The normalized spacial score (nSPS) is 10.3. The molecule has 4 nitrogen and oxygen atoms in total. The number of carbonyl (C=O) groups excluding carboxylic acids is 1. The Morgan fingerprint density at radius 2 is 1.75 bits per heavy atom. The first kappa shape index (κ1) is 17.9. The number of aryl methyl sites for hydroxylation is 3. The van der Waals surface area contributed by atoms with Gasteiger partial charge in [-0.05, 0) is 38.0 Å². The molecule has 0 radical (unpaired) electrons. The fraction of sp³-hybridized carbons (Fsp3) is 0.350. The summed E-state index contributed by atoms with van der Waals surface area (Å²) in [6, 6.07) is 12.0. The van der Waals surface area contributed by atoms with Crippen molar-refractivity contribution in [3.8, 4) is 5.75 Å². The van der Waals surface area contributed by atoms with Gasteiger partial charge in [-0.25, -0.2) is 0 Å². The second kappa shape index (κ2) is 8.39. The van der Waals surface area contributed by atoms with Crippen molar-refractivity contribution in [3.05, 3.63) is 58.7 Å². The smallest absolute Gasteiger partial charge is 0.222 e. The van der Waals surface area contributed by atoms with E-state index in [0.29, 0.717) is 19.5 Å². The number of ether oxygens (including phenoxy) is 1. The molecule has 0 aromatic heterocycles. The molecule has 2 N–H and O–H groups in total. The summed E-state index contributed by atoms with van der Waals surface area (Å²) >= 11 is 0. The van der Waals surface area contributed by atoms with Gasteiger partial charge in [-0.3, -0.25) is 4.79 Å². The predicted molar refractivity (Wildman–Crippen MR) is 98.6 cm³/mol. The maximum absolute atomic E-state index is 12.0. The Morgan fingerprint density at radius 1 is 1.08 bits per heavy atom.